The molecule has 0 aliphatic rings. The molecule has 0 unspecified atom stereocenters. The predicted molar refractivity (Wildman–Crippen MR) is 59.4 cm³/mol. The van der Waals surface area contributed by atoms with E-state index in [4.69, 9.17) is 0 Å². The van der Waals surface area contributed by atoms with Crippen molar-refractivity contribution in [3.05, 3.63) is 5.01 Å². The summed E-state index contributed by atoms with van der Waals surface area (Å²) in [5.74, 6) is 0. The van der Waals surface area contributed by atoms with Crippen molar-refractivity contribution in [2.75, 3.05) is 11.9 Å². The zero-order chi connectivity index (χ0) is 15.4. The highest BCUT2D eigenvalue weighted by molar-refractivity contribution is 7.15. The third-order valence-electron chi connectivity index (χ3n) is 1.96. The van der Waals surface area contributed by atoms with Crippen molar-refractivity contribution >= 4 is 16.5 Å². The lowest BCUT2D eigenvalue weighted by atomic mass is 10.3. The van der Waals surface area contributed by atoms with Crippen LogP contribution in [-0.4, -0.2) is 35.2 Å². The summed E-state index contributed by atoms with van der Waals surface area (Å²) < 4.78 is 77.1. The van der Waals surface area contributed by atoms with Crippen LogP contribution in [0.5, 0.6) is 0 Å². The van der Waals surface area contributed by atoms with Gasteiger partial charge in [-0.25, -0.2) is 0 Å². The standard InChI is InChI=1S/C9H11F6N3OS/c1-2-3-16-7-18-17-5(20-7)4-19-6(8(10,11)12)9(13,14)15/h6H,2-4H2,1H3,(H,16,18). The highest BCUT2D eigenvalue weighted by Crippen LogP contribution is 2.36. The van der Waals surface area contributed by atoms with Crippen LogP contribution in [0.15, 0.2) is 0 Å². The van der Waals surface area contributed by atoms with Crippen molar-refractivity contribution in [2.24, 2.45) is 0 Å². The van der Waals surface area contributed by atoms with E-state index < -0.39 is 25.1 Å². The minimum Gasteiger partial charge on any atom is -0.360 e. The van der Waals surface area contributed by atoms with Gasteiger partial charge in [0, 0.05) is 6.54 Å². The van der Waals surface area contributed by atoms with Crippen LogP contribution in [0.1, 0.15) is 18.4 Å². The number of alkyl halides is 6. The first kappa shape index (κ1) is 17.0. The molecule has 0 aliphatic heterocycles. The molecule has 0 bridgehead atoms. The number of aromatic nitrogens is 2. The zero-order valence-electron chi connectivity index (χ0n) is 10.2. The Labute approximate surface area is 114 Å². The molecular formula is C9H11F6N3OS. The Morgan fingerprint density at radius 2 is 1.75 bits per heavy atom. The minimum atomic E-state index is -5.52. The van der Waals surface area contributed by atoms with Crippen LogP contribution in [0.4, 0.5) is 31.5 Å². The third-order valence-corrected chi connectivity index (χ3v) is 2.82. The second kappa shape index (κ2) is 6.57. The molecule has 4 nitrogen and oxygen atoms in total. The highest BCUT2D eigenvalue weighted by Gasteiger charge is 2.58. The first-order chi connectivity index (χ1) is 9.14. The fourth-order valence-corrected chi connectivity index (χ4v) is 1.83. The average molecular weight is 323 g/mol. The molecule has 0 aromatic carbocycles. The van der Waals surface area contributed by atoms with E-state index >= 15 is 0 Å². The Bertz CT molecular complexity index is 405. The number of ether oxygens (including phenoxy) is 1. The lowest BCUT2D eigenvalue weighted by Crippen LogP contribution is -2.44. The largest absolute Gasteiger partial charge is 0.423 e. The summed E-state index contributed by atoms with van der Waals surface area (Å²) in [6.45, 7) is 1.55. The fourth-order valence-electron chi connectivity index (χ4n) is 1.14. The van der Waals surface area contributed by atoms with Crippen molar-refractivity contribution in [1.82, 2.24) is 10.2 Å². The molecule has 20 heavy (non-hydrogen) atoms. The lowest BCUT2D eigenvalue weighted by molar-refractivity contribution is -0.324. The van der Waals surface area contributed by atoms with Crippen molar-refractivity contribution in [3.63, 3.8) is 0 Å². The van der Waals surface area contributed by atoms with Crippen LogP contribution in [0.2, 0.25) is 0 Å². The van der Waals surface area contributed by atoms with Gasteiger partial charge >= 0.3 is 12.4 Å². The van der Waals surface area contributed by atoms with Crippen LogP contribution >= 0.6 is 11.3 Å². The zero-order valence-corrected chi connectivity index (χ0v) is 11.0. The van der Waals surface area contributed by atoms with Gasteiger partial charge in [-0.2, -0.15) is 26.3 Å². The average Bonchev–Trinajstić information content (AvgIpc) is 2.70. The van der Waals surface area contributed by atoms with E-state index in [0.717, 1.165) is 17.8 Å². The molecule has 0 amide bonds. The van der Waals surface area contributed by atoms with Crippen LogP contribution in [0.3, 0.4) is 0 Å². The van der Waals surface area contributed by atoms with E-state index in [1.807, 2.05) is 6.92 Å². The summed E-state index contributed by atoms with van der Waals surface area (Å²) in [4.78, 5) is 0. The molecule has 0 saturated heterocycles. The molecule has 116 valence electrons. The molecule has 1 N–H and O–H groups in total. The molecule has 0 spiro atoms. The highest BCUT2D eigenvalue weighted by atomic mass is 32.1. The first-order valence-corrected chi connectivity index (χ1v) is 6.27. The quantitative estimate of drug-likeness (QED) is 0.816. The van der Waals surface area contributed by atoms with Gasteiger partial charge in [0.2, 0.25) is 11.2 Å². The molecule has 0 fully saturated rings. The van der Waals surface area contributed by atoms with E-state index in [1.54, 1.807) is 0 Å². The smallest absolute Gasteiger partial charge is 0.360 e. The van der Waals surface area contributed by atoms with E-state index in [-0.39, 0.29) is 5.01 Å². The number of halogens is 6. The van der Waals surface area contributed by atoms with Crippen LogP contribution < -0.4 is 5.32 Å². The maximum absolute atomic E-state index is 12.2. The molecular weight excluding hydrogens is 312 g/mol. The normalized spacial score (nSPS) is 13.0. The molecule has 1 heterocycles. The van der Waals surface area contributed by atoms with Crippen molar-refractivity contribution in [2.45, 2.75) is 38.4 Å². The number of rotatable bonds is 6. The lowest BCUT2D eigenvalue weighted by Gasteiger charge is -2.22. The minimum absolute atomic E-state index is 0.0675. The Kier molecular flexibility index (Phi) is 5.57. The third kappa shape index (κ3) is 5.12. The number of hydrogen-bond acceptors (Lipinski definition) is 5. The topological polar surface area (TPSA) is 47.0 Å². The van der Waals surface area contributed by atoms with Crippen LogP contribution in [0, 0.1) is 0 Å². The van der Waals surface area contributed by atoms with Crippen LogP contribution in [-0.2, 0) is 11.3 Å². The van der Waals surface area contributed by atoms with Gasteiger partial charge in [-0.1, -0.05) is 18.3 Å². The summed E-state index contributed by atoms with van der Waals surface area (Å²) in [6, 6.07) is 0. The van der Waals surface area contributed by atoms with Gasteiger partial charge in [0.15, 0.2) is 0 Å². The van der Waals surface area contributed by atoms with Crippen molar-refractivity contribution in [3.8, 4) is 0 Å². The van der Waals surface area contributed by atoms with Crippen molar-refractivity contribution < 1.29 is 31.1 Å². The fraction of sp³-hybridized carbons (Fsp3) is 0.778. The van der Waals surface area contributed by atoms with Gasteiger partial charge in [-0.3, -0.25) is 0 Å². The van der Waals surface area contributed by atoms with Gasteiger partial charge in [0.25, 0.3) is 0 Å². The first-order valence-electron chi connectivity index (χ1n) is 5.46. The predicted octanol–water partition coefficient (Wildman–Crippen LogP) is 3.37. The molecule has 1 aromatic heterocycles. The summed E-state index contributed by atoms with van der Waals surface area (Å²) in [6.07, 6.45) is -14.1. The van der Waals surface area contributed by atoms with Gasteiger partial charge in [0.05, 0.1) is 0 Å². The Morgan fingerprint density at radius 1 is 1.15 bits per heavy atom. The Hall–Kier alpha value is -1.10. The monoisotopic (exact) mass is 323 g/mol. The van der Waals surface area contributed by atoms with E-state index in [0.29, 0.717) is 11.7 Å². The molecule has 0 atom stereocenters. The number of hydrogen-bond donors (Lipinski definition) is 1. The van der Waals surface area contributed by atoms with Gasteiger partial charge in [-0.05, 0) is 6.42 Å². The maximum Gasteiger partial charge on any atom is 0.423 e. The second-order valence-corrected chi connectivity index (χ2v) is 4.76. The number of nitrogens with one attached hydrogen (secondary N) is 1. The molecule has 1 aromatic rings. The molecule has 0 aliphatic carbocycles. The van der Waals surface area contributed by atoms with Crippen molar-refractivity contribution in [1.29, 1.82) is 0 Å². The Balaban J connectivity index is 2.62. The number of nitrogens with zero attached hydrogens (tertiary/aromatic N) is 2. The maximum atomic E-state index is 12.2. The molecule has 11 heteroatoms. The van der Waals surface area contributed by atoms with Gasteiger partial charge in [-0.15, -0.1) is 10.2 Å². The summed E-state index contributed by atoms with van der Waals surface area (Å²) in [5.41, 5.74) is 0. The molecule has 0 saturated carbocycles. The van der Waals surface area contributed by atoms with E-state index in [1.165, 1.54) is 0 Å². The Morgan fingerprint density at radius 3 is 2.25 bits per heavy atom. The molecule has 1 rings (SSSR count). The summed E-state index contributed by atoms with van der Waals surface area (Å²) in [5, 5.41) is 10.1. The second-order valence-electron chi connectivity index (χ2n) is 3.70. The summed E-state index contributed by atoms with van der Waals surface area (Å²) in [7, 11) is 0. The van der Waals surface area contributed by atoms with Crippen LogP contribution in [0.25, 0.3) is 0 Å². The molecule has 0 radical (unpaired) electrons. The van der Waals surface area contributed by atoms with Gasteiger partial charge < -0.3 is 10.1 Å². The number of anilines is 1. The summed E-state index contributed by atoms with van der Waals surface area (Å²) >= 11 is 0.843. The van der Waals surface area contributed by atoms with Gasteiger partial charge in [0.1, 0.15) is 11.6 Å². The van der Waals surface area contributed by atoms with E-state index in [9.17, 15) is 26.3 Å². The SMILES string of the molecule is CCCNc1nnc(COC(C(F)(F)F)C(F)(F)F)s1. The van der Waals surface area contributed by atoms with E-state index in [2.05, 4.69) is 20.3 Å².